The SMILES string of the molecule is CN(C)c1ccc(NC(=O)C2C(C)(C)C2(C)C)nc1. The quantitative estimate of drug-likeness (QED) is 0.910. The van der Waals surface area contributed by atoms with Crippen LogP contribution in [0.5, 0.6) is 0 Å². The van der Waals surface area contributed by atoms with Gasteiger partial charge in [0, 0.05) is 20.0 Å². The summed E-state index contributed by atoms with van der Waals surface area (Å²) in [5, 5.41) is 2.91. The van der Waals surface area contributed by atoms with Gasteiger partial charge in [0.2, 0.25) is 5.91 Å². The van der Waals surface area contributed by atoms with Gasteiger partial charge in [-0.3, -0.25) is 4.79 Å². The highest BCUT2D eigenvalue weighted by Gasteiger charge is 2.68. The Hall–Kier alpha value is -1.58. The second-order valence-electron chi connectivity index (χ2n) is 6.66. The maximum Gasteiger partial charge on any atom is 0.229 e. The summed E-state index contributed by atoms with van der Waals surface area (Å²) in [5.74, 6) is 0.740. The Morgan fingerprint density at radius 2 is 1.79 bits per heavy atom. The fourth-order valence-corrected chi connectivity index (χ4v) is 2.77. The second kappa shape index (κ2) is 4.22. The van der Waals surface area contributed by atoms with Gasteiger partial charge in [-0.15, -0.1) is 0 Å². The maximum absolute atomic E-state index is 12.3. The molecule has 1 N–H and O–H groups in total. The van der Waals surface area contributed by atoms with E-state index in [0.29, 0.717) is 5.82 Å². The summed E-state index contributed by atoms with van der Waals surface area (Å²) in [6, 6.07) is 3.79. The van der Waals surface area contributed by atoms with Gasteiger partial charge in [-0.05, 0) is 23.0 Å². The first-order valence-electron chi connectivity index (χ1n) is 6.62. The molecular formula is C15H23N3O. The molecule has 1 aromatic rings. The average Bonchev–Trinajstić information content (AvgIpc) is 2.69. The number of hydrogen-bond donors (Lipinski definition) is 1. The van der Waals surface area contributed by atoms with Crippen molar-refractivity contribution in [2.24, 2.45) is 16.7 Å². The number of nitrogens with zero attached hydrogens (tertiary/aromatic N) is 2. The fraction of sp³-hybridized carbons (Fsp3) is 0.600. The number of rotatable bonds is 3. The van der Waals surface area contributed by atoms with E-state index in [1.54, 1.807) is 6.20 Å². The first-order chi connectivity index (χ1) is 8.68. The fourth-order valence-electron chi connectivity index (χ4n) is 2.77. The molecule has 19 heavy (non-hydrogen) atoms. The molecule has 0 unspecified atom stereocenters. The zero-order valence-corrected chi connectivity index (χ0v) is 12.6. The van der Waals surface area contributed by atoms with E-state index in [1.165, 1.54) is 0 Å². The van der Waals surface area contributed by atoms with Crippen LogP contribution in [0.2, 0.25) is 0 Å². The lowest BCUT2D eigenvalue weighted by atomic mass is 10.0. The second-order valence-corrected chi connectivity index (χ2v) is 6.66. The van der Waals surface area contributed by atoms with Gasteiger partial charge >= 0.3 is 0 Å². The molecule has 1 heterocycles. The minimum atomic E-state index is 0.0512. The number of nitrogens with one attached hydrogen (secondary N) is 1. The smallest absolute Gasteiger partial charge is 0.229 e. The molecule has 0 bridgehead atoms. The monoisotopic (exact) mass is 261 g/mol. The number of amides is 1. The molecule has 0 aromatic carbocycles. The van der Waals surface area contributed by atoms with E-state index in [2.05, 4.69) is 38.0 Å². The summed E-state index contributed by atoms with van der Waals surface area (Å²) >= 11 is 0. The molecule has 4 heteroatoms. The van der Waals surface area contributed by atoms with Gasteiger partial charge in [-0.1, -0.05) is 27.7 Å². The molecule has 1 saturated carbocycles. The first kappa shape index (κ1) is 13.8. The van der Waals surface area contributed by atoms with E-state index < -0.39 is 0 Å². The molecule has 0 radical (unpaired) electrons. The molecule has 0 spiro atoms. The standard InChI is InChI=1S/C15H23N3O/c1-14(2)12(15(14,3)4)13(19)17-11-8-7-10(9-16-11)18(5)6/h7-9,12H,1-6H3,(H,16,17,19). The summed E-state index contributed by atoms with van der Waals surface area (Å²) in [6.07, 6.45) is 1.76. The van der Waals surface area contributed by atoms with E-state index in [1.807, 2.05) is 31.1 Å². The molecule has 1 fully saturated rings. The summed E-state index contributed by atoms with van der Waals surface area (Å²) in [4.78, 5) is 18.5. The highest BCUT2D eigenvalue weighted by atomic mass is 16.2. The van der Waals surface area contributed by atoms with Crippen molar-refractivity contribution in [3.8, 4) is 0 Å². The Labute approximate surface area is 115 Å². The molecule has 104 valence electrons. The van der Waals surface area contributed by atoms with Crippen LogP contribution in [0.4, 0.5) is 11.5 Å². The molecule has 1 aromatic heterocycles. The zero-order valence-electron chi connectivity index (χ0n) is 12.6. The van der Waals surface area contributed by atoms with Crippen LogP contribution < -0.4 is 10.2 Å². The van der Waals surface area contributed by atoms with Gasteiger partial charge in [0.15, 0.2) is 0 Å². The van der Waals surface area contributed by atoms with Crippen molar-refractivity contribution in [2.75, 3.05) is 24.3 Å². The maximum atomic E-state index is 12.3. The Morgan fingerprint density at radius 3 is 2.16 bits per heavy atom. The summed E-state index contributed by atoms with van der Waals surface area (Å²) < 4.78 is 0. The van der Waals surface area contributed by atoms with Crippen LogP contribution in [0.15, 0.2) is 18.3 Å². The van der Waals surface area contributed by atoms with E-state index >= 15 is 0 Å². The number of aromatic nitrogens is 1. The molecule has 0 saturated heterocycles. The van der Waals surface area contributed by atoms with Crippen LogP contribution >= 0.6 is 0 Å². The van der Waals surface area contributed by atoms with Crippen molar-refractivity contribution >= 4 is 17.4 Å². The number of pyridine rings is 1. The van der Waals surface area contributed by atoms with Crippen LogP contribution in [-0.4, -0.2) is 25.0 Å². The third kappa shape index (κ3) is 2.20. The molecule has 0 aliphatic heterocycles. The minimum absolute atomic E-state index is 0.0512. The van der Waals surface area contributed by atoms with Crippen molar-refractivity contribution in [2.45, 2.75) is 27.7 Å². The molecular weight excluding hydrogens is 238 g/mol. The summed E-state index contributed by atoms with van der Waals surface area (Å²) in [7, 11) is 3.93. The molecule has 1 aliphatic carbocycles. The molecule has 2 rings (SSSR count). The van der Waals surface area contributed by atoms with Gasteiger partial charge in [-0.25, -0.2) is 4.98 Å². The minimum Gasteiger partial charge on any atom is -0.376 e. The summed E-state index contributed by atoms with van der Waals surface area (Å²) in [6.45, 7) is 8.55. The van der Waals surface area contributed by atoms with Crippen molar-refractivity contribution in [3.05, 3.63) is 18.3 Å². The molecule has 0 atom stereocenters. The van der Waals surface area contributed by atoms with Crippen molar-refractivity contribution < 1.29 is 4.79 Å². The van der Waals surface area contributed by atoms with Crippen molar-refractivity contribution in [3.63, 3.8) is 0 Å². The average molecular weight is 261 g/mol. The van der Waals surface area contributed by atoms with E-state index in [-0.39, 0.29) is 22.7 Å². The third-order valence-corrected chi connectivity index (χ3v) is 4.80. The van der Waals surface area contributed by atoms with Gasteiger partial charge in [0.25, 0.3) is 0 Å². The van der Waals surface area contributed by atoms with Crippen LogP contribution in [0.25, 0.3) is 0 Å². The van der Waals surface area contributed by atoms with Crippen molar-refractivity contribution in [1.82, 2.24) is 4.98 Å². The van der Waals surface area contributed by atoms with Crippen LogP contribution in [-0.2, 0) is 4.79 Å². The van der Waals surface area contributed by atoms with Crippen molar-refractivity contribution in [1.29, 1.82) is 0 Å². The Balaban J connectivity index is 2.05. The largest absolute Gasteiger partial charge is 0.376 e. The van der Waals surface area contributed by atoms with Gasteiger partial charge in [-0.2, -0.15) is 0 Å². The molecule has 1 amide bonds. The van der Waals surface area contributed by atoms with Crippen LogP contribution in [0.1, 0.15) is 27.7 Å². The Morgan fingerprint density at radius 1 is 1.21 bits per heavy atom. The Bertz CT molecular complexity index is 475. The van der Waals surface area contributed by atoms with Gasteiger partial charge < -0.3 is 10.2 Å². The highest BCUT2D eigenvalue weighted by molar-refractivity contribution is 5.95. The lowest BCUT2D eigenvalue weighted by Crippen LogP contribution is -2.18. The lowest BCUT2D eigenvalue weighted by molar-refractivity contribution is -0.118. The first-order valence-corrected chi connectivity index (χ1v) is 6.62. The van der Waals surface area contributed by atoms with E-state index in [4.69, 9.17) is 0 Å². The van der Waals surface area contributed by atoms with E-state index in [9.17, 15) is 4.79 Å². The third-order valence-electron chi connectivity index (χ3n) is 4.80. The van der Waals surface area contributed by atoms with Crippen LogP contribution in [0.3, 0.4) is 0 Å². The zero-order chi connectivity index (χ0) is 14.4. The van der Waals surface area contributed by atoms with Gasteiger partial charge in [0.05, 0.1) is 11.9 Å². The predicted molar refractivity (Wildman–Crippen MR) is 78.2 cm³/mol. The molecule has 1 aliphatic rings. The number of carbonyl (C=O) groups excluding carboxylic acids is 1. The van der Waals surface area contributed by atoms with Crippen LogP contribution in [0, 0.1) is 16.7 Å². The number of anilines is 2. The molecule has 4 nitrogen and oxygen atoms in total. The summed E-state index contributed by atoms with van der Waals surface area (Å²) in [5.41, 5.74) is 1.13. The highest BCUT2D eigenvalue weighted by Crippen LogP contribution is 2.68. The van der Waals surface area contributed by atoms with Gasteiger partial charge in [0.1, 0.15) is 5.82 Å². The van der Waals surface area contributed by atoms with E-state index in [0.717, 1.165) is 5.69 Å². The number of carbonyl (C=O) groups is 1. The number of hydrogen-bond acceptors (Lipinski definition) is 3. The normalized spacial score (nSPS) is 19.9. The lowest BCUT2D eigenvalue weighted by Gasteiger charge is -2.12. The Kier molecular flexibility index (Phi) is 3.07. The topological polar surface area (TPSA) is 45.2 Å². The predicted octanol–water partition coefficient (Wildman–Crippen LogP) is 2.77.